The number of anilines is 2. The Bertz CT molecular complexity index is 886. The number of nitrogens with zero attached hydrogens (tertiary/aromatic N) is 1. The van der Waals surface area contributed by atoms with Crippen molar-refractivity contribution in [3.63, 3.8) is 0 Å². The Morgan fingerprint density at radius 3 is 2.54 bits per heavy atom. The first-order valence-electron chi connectivity index (χ1n) is 8.98. The van der Waals surface area contributed by atoms with Gasteiger partial charge in [0, 0.05) is 23.8 Å². The maximum absolute atomic E-state index is 12.5. The Labute approximate surface area is 180 Å². The quantitative estimate of drug-likeness (QED) is 0.650. The van der Waals surface area contributed by atoms with E-state index < -0.39 is 5.91 Å². The number of methoxy groups -OCH3 is 1. The lowest BCUT2D eigenvalue weighted by atomic mass is 10.1. The van der Waals surface area contributed by atoms with Gasteiger partial charge in [-0.25, -0.2) is 0 Å². The molecule has 1 aliphatic heterocycles. The van der Waals surface area contributed by atoms with Crippen LogP contribution in [-0.2, 0) is 0 Å². The molecular formula is C20H21Cl2N3O2S. The molecule has 0 aliphatic carbocycles. The second-order valence-corrected chi connectivity index (χ2v) is 7.72. The maximum Gasteiger partial charge on any atom is 0.261 e. The lowest BCUT2D eigenvalue weighted by molar-refractivity contribution is 0.0975. The van der Waals surface area contributed by atoms with Crippen LogP contribution in [0, 0.1) is 0 Å². The van der Waals surface area contributed by atoms with Crippen LogP contribution in [-0.4, -0.2) is 31.2 Å². The van der Waals surface area contributed by atoms with Crippen LogP contribution in [0.2, 0.25) is 10.0 Å². The fraction of sp³-hybridized carbons (Fsp3) is 0.300. The molecule has 0 unspecified atom stereocenters. The van der Waals surface area contributed by atoms with Gasteiger partial charge in [0.05, 0.1) is 23.4 Å². The Morgan fingerprint density at radius 1 is 1.11 bits per heavy atom. The third-order valence-electron chi connectivity index (χ3n) is 4.54. The zero-order chi connectivity index (χ0) is 20.1. The van der Waals surface area contributed by atoms with E-state index in [2.05, 4.69) is 15.5 Å². The molecule has 1 saturated heterocycles. The van der Waals surface area contributed by atoms with Crippen molar-refractivity contribution in [3.8, 4) is 5.75 Å². The first-order valence-corrected chi connectivity index (χ1v) is 10.1. The van der Waals surface area contributed by atoms with Crippen molar-refractivity contribution in [1.29, 1.82) is 0 Å². The van der Waals surface area contributed by atoms with Crippen LogP contribution in [0.3, 0.4) is 0 Å². The number of hydrogen-bond donors (Lipinski definition) is 2. The highest BCUT2D eigenvalue weighted by atomic mass is 35.5. The molecule has 3 rings (SSSR count). The Kier molecular flexibility index (Phi) is 6.99. The van der Waals surface area contributed by atoms with E-state index in [1.807, 2.05) is 18.2 Å². The van der Waals surface area contributed by atoms with Crippen molar-refractivity contribution in [2.24, 2.45) is 0 Å². The SMILES string of the molecule is COc1ccc(Cl)cc1C(=O)NC(=S)Nc1ccc(N2CCCCC2)c(Cl)c1. The Hall–Kier alpha value is -2.02. The third-order valence-corrected chi connectivity index (χ3v) is 5.28. The van der Waals surface area contributed by atoms with E-state index in [0.29, 0.717) is 27.0 Å². The molecule has 1 fully saturated rings. The summed E-state index contributed by atoms with van der Waals surface area (Å²) in [4.78, 5) is 14.8. The summed E-state index contributed by atoms with van der Waals surface area (Å²) in [6, 6.07) is 10.5. The topological polar surface area (TPSA) is 53.6 Å². The highest BCUT2D eigenvalue weighted by Gasteiger charge is 2.16. The average molecular weight is 438 g/mol. The number of benzene rings is 2. The number of piperidine rings is 1. The van der Waals surface area contributed by atoms with E-state index in [-0.39, 0.29) is 5.11 Å². The van der Waals surface area contributed by atoms with Gasteiger partial charge in [-0.1, -0.05) is 23.2 Å². The Balaban J connectivity index is 1.65. The first-order chi connectivity index (χ1) is 13.5. The van der Waals surface area contributed by atoms with Crippen LogP contribution in [0.4, 0.5) is 11.4 Å². The number of halogens is 2. The summed E-state index contributed by atoms with van der Waals surface area (Å²) in [6.45, 7) is 2.03. The largest absolute Gasteiger partial charge is 0.496 e. The minimum atomic E-state index is -0.409. The van der Waals surface area contributed by atoms with Crippen LogP contribution in [0.25, 0.3) is 0 Å². The van der Waals surface area contributed by atoms with Gasteiger partial charge < -0.3 is 15.0 Å². The van der Waals surface area contributed by atoms with E-state index in [1.54, 1.807) is 12.1 Å². The molecule has 8 heteroatoms. The lowest BCUT2D eigenvalue weighted by Crippen LogP contribution is -2.34. The minimum absolute atomic E-state index is 0.161. The molecule has 28 heavy (non-hydrogen) atoms. The number of hydrogen-bond acceptors (Lipinski definition) is 4. The highest BCUT2D eigenvalue weighted by molar-refractivity contribution is 7.80. The molecule has 2 N–H and O–H groups in total. The van der Waals surface area contributed by atoms with Gasteiger partial charge in [-0.15, -0.1) is 0 Å². The summed E-state index contributed by atoms with van der Waals surface area (Å²) in [5.41, 5.74) is 2.03. The summed E-state index contributed by atoms with van der Waals surface area (Å²) in [6.07, 6.45) is 3.62. The number of carbonyl (C=O) groups is 1. The van der Waals surface area contributed by atoms with E-state index in [0.717, 1.165) is 18.8 Å². The van der Waals surface area contributed by atoms with Gasteiger partial charge in [0.1, 0.15) is 5.75 Å². The lowest BCUT2D eigenvalue weighted by Gasteiger charge is -2.29. The van der Waals surface area contributed by atoms with Crippen molar-refractivity contribution < 1.29 is 9.53 Å². The maximum atomic E-state index is 12.5. The van der Waals surface area contributed by atoms with Gasteiger partial charge in [0.2, 0.25) is 0 Å². The van der Waals surface area contributed by atoms with Gasteiger partial charge in [-0.2, -0.15) is 0 Å². The molecule has 0 spiro atoms. The van der Waals surface area contributed by atoms with Crippen LogP contribution in [0.15, 0.2) is 36.4 Å². The van der Waals surface area contributed by atoms with Crippen molar-refractivity contribution in [3.05, 3.63) is 52.0 Å². The highest BCUT2D eigenvalue weighted by Crippen LogP contribution is 2.31. The van der Waals surface area contributed by atoms with Crippen LogP contribution >= 0.6 is 35.4 Å². The standard InChI is InChI=1S/C20H21Cl2N3O2S/c1-27-18-8-5-13(21)11-15(18)19(26)24-20(28)23-14-6-7-17(16(22)12-14)25-9-3-2-4-10-25/h5-8,11-12H,2-4,9-10H2,1H3,(H2,23,24,26,28). The number of ether oxygens (including phenoxy) is 1. The van der Waals surface area contributed by atoms with Crippen LogP contribution in [0.5, 0.6) is 5.75 Å². The van der Waals surface area contributed by atoms with Gasteiger partial charge in [-0.05, 0) is 67.9 Å². The zero-order valence-electron chi connectivity index (χ0n) is 15.4. The van der Waals surface area contributed by atoms with Crippen LogP contribution < -0.4 is 20.3 Å². The van der Waals surface area contributed by atoms with Gasteiger partial charge in [-0.3, -0.25) is 10.1 Å². The molecule has 0 saturated carbocycles. The van der Waals surface area contributed by atoms with E-state index in [1.165, 1.54) is 32.4 Å². The van der Waals surface area contributed by atoms with E-state index >= 15 is 0 Å². The predicted molar refractivity (Wildman–Crippen MR) is 119 cm³/mol. The molecule has 148 valence electrons. The molecule has 0 aromatic heterocycles. The fourth-order valence-corrected chi connectivity index (χ4v) is 3.85. The number of nitrogens with one attached hydrogen (secondary N) is 2. The van der Waals surface area contributed by atoms with E-state index in [9.17, 15) is 4.79 Å². The molecular weight excluding hydrogens is 417 g/mol. The zero-order valence-corrected chi connectivity index (χ0v) is 17.8. The molecule has 2 aromatic carbocycles. The normalized spacial score (nSPS) is 13.8. The molecule has 5 nitrogen and oxygen atoms in total. The summed E-state index contributed by atoms with van der Waals surface area (Å²) >= 11 is 17.7. The third kappa shape index (κ3) is 5.07. The van der Waals surface area contributed by atoms with Crippen molar-refractivity contribution in [2.45, 2.75) is 19.3 Å². The summed E-state index contributed by atoms with van der Waals surface area (Å²) < 4.78 is 5.20. The van der Waals surface area contributed by atoms with Crippen molar-refractivity contribution in [2.75, 3.05) is 30.4 Å². The molecule has 1 amide bonds. The van der Waals surface area contributed by atoms with Crippen LogP contribution in [0.1, 0.15) is 29.6 Å². The molecule has 1 aliphatic rings. The van der Waals surface area contributed by atoms with Gasteiger partial charge in [0.15, 0.2) is 5.11 Å². The molecule has 2 aromatic rings. The molecule has 0 radical (unpaired) electrons. The number of carbonyl (C=O) groups excluding carboxylic acids is 1. The first kappa shape index (κ1) is 20.7. The number of thiocarbonyl (C=S) groups is 1. The molecule has 1 heterocycles. The van der Waals surface area contributed by atoms with E-state index in [4.69, 9.17) is 40.2 Å². The Morgan fingerprint density at radius 2 is 1.86 bits per heavy atom. The summed E-state index contributed by atoms with van der Waals surface area (Å²) in [5.74, 6) is 0.00603. The monoisotopic (exact) mass is 437 g/mol. The second kappa shape index (κ2) is 9.45. The number of rotatable bonds is 4. The smallest absolute Gasteiger partial charge is 0.261 e. The summed E-state index contributed by atoms with van der Waals surface area (Å²) in [5, 5.41) is 6.87. The molecule has 0 atom stereocenters. The van der Waals surface area contributed by atoms with Gasteiger partial charge >= 0.3 is 0 Å². The second-order valence-electron chi connectivity index (χ2n) is 6.47. The van der Waals surface area contributed by atoms with Gasteiger partial charge in [0.25, 0.3) is 5.91 Å². The molecule has 0 bridgehead atoms. The number of amides is 1. The van der Waals surface area contributed by atoms with Crippen molar-refractivity contribution in [1.82, 2.24) is 5.32 Å². The summed E-state index contributed by atoms with van der Waals surface area (Å²) in [7, 11) is 1.49. The fourth-order valence-electron chi connectivity index (χ4n) is 3.17. The van der Waals surface area contributed by atoms with Crippen molar-refractivity contribution >= 4 is 57.8 Å². The predicted octanol–water partition coefficient (Wildman–Crippen LogP) is 5.12. The average Bonchev–Trinajstić information content (AvgIpc) is 2.68. The minimum Gasteiger partial charge on any atom is -0.496 e.